The van der Waals surface area contributed by atoms with Crippen molar-refractivity contribution in [3.8, 4) is 11.8 Å². The van der Waals surface area contributed by atoms with Crippen LogP contribution in [0.4, 0.5) is 0 Å². The lowest BCUT2D eigenvalue weighted by molar-refractivity contribution is -0.134. The lowest BCUT2D eigenvalue weighted by Crippen LogP contribution is -2.51. The van der Waals surface area contributed by atoms with E-state index in [1.54, 1.807) is 41.3 Å². The molecule has 0 N–H and O–H groups in total. The van der Waals surface area contributed by atoms with E-state index < -0.39 is 10.0 Å². The first-order chi connectivity index (χ1) is 13.4. The van der Waals surface area contributed by atoms with E-state index in [4.69, 9.17) is 21.6 Å². The molecule has 0 bridgehead atoms. The average Bonchev–Trinajstić information content (AvgIpc) is 2.72. The summed E-state index contributed by atoms with van der Waals surface area (Å²) in [6.07, 6.45) is 0. The number of piperazine rings is 1. The van der Waals surface area contributed by atoms with Crippen LogP contribution >= 0.6 is 11.6 Å². The number of halogens is 1. The summed E-state index contributed by atoms with van der Waals surface area (Å²) in [4.78, 5) is 14.1. The second-order valence-corrected chi connectivity index (χ2v) is 8.54. The minimum Gasteiger partial charge on any atom is -0.484 e. The number of hydrogen-bond donors (Lipinski definition) is 0. The van der Waals surface area contributed by atoms with Gasteiger partial charge in [0.2, 0.25) is 10.0 Å². The first-order valence-electron chi connectivity index (χ1n) is 8.56. The van der Waals surface area contributed by atoms with Crippen LogP contribution in [0.2, 0.25) is 5.02 Å². The highest BCUT2D eigenvalue weighted by atomic mass is 35.5. The van der Waals surface area contributed by atoms with Crippen LogP contribution in [0.15, 0.2) is 53.4 Å². The molecule has 1 amide bonds. The van der Waals surface area contributed by atoms with Crippen molar-refractivity contribution in [2.24, 2.45) is 0 Å². The van der Waals surface area contributed by atoms with Crippen molar-refractivity contribution in [1.82, 2.24) is 9.21 Å². The van der Waals surface area contributed by atoms with Gasteiger partial charge in [-0.15, -0.1) is 0 Å². The Morgan fingerprint density at radius 3 is 2.50 bits per heavy atom. The van der Waals surface area contributed by atoms with Gasteiger partial charge in [-0.25, -0.2) is 8.42 Å². The molecule has 1 saturated heterocycles. The Bertz CT molecular complexity index is 1010. The summed E-state index contributed by atoms with van der Waals surface area (Å²) >= 11 is 5.89. The lowest BCUT2D eigenvalue weighted by Gasteiger charge is -2.34. The largest absolute Gasteiger partial charge is 0.484 e. The maximum atomic E-state index is 12.7. The molecule has 0 spiro atoms. The number of hydrogen-bond acceptors (Lipinski definition) is 5. The molecular weight excluding hydrogens is 402 g/mol. The van der Waals surface area contributed by atoms with Crippen molar-refractivity contribution in [2.75, 3.05) is 32.8 Å². The van der Waals surface area contributed by atoms with Gasteiger partial charge in [-0.3, -0.25) is 4.79 Å². The van der Waals surface area contributed by atoms with Gasteiger partial charge in [-0.1, -0.05) is 23.7 Å². The third-order valence-electron chi connectivity index (χ3n) is 4.35. The Morgan fingerprint density at radius 2 is 1.82 bits per heavy atom. The maximum Gasteiger partial charge on any atom is 0.260 e. The van der Waals surface area contributed by atoms with E-state index in [0.717, 1.165) is 0 Å². The summed E-state index contributed by atoms with van der Waals surface area (Å²) in [5.41, 5.74) is 0.449. The second kappa shape index (κ2) is 8.61. The molecule has 1 heterocycles. The predicted molar refractivity (Wildman–Crippen MR) is 103 cm³/mol. The number of rotatable bonds is 5. The van der Waals surface area contributed by atoms with Gasteiger partial charge in [-0.2, -0.15) is 9.57 Å². The maximum absolute atomic E-state index is 12.7. The zero-order valence-corrected chi connectivity index (χ0v) is 16.5. The molecule has 1 fully saturated rings. The Labute approximate surface area is 168 Å². The van der Waals surface area contributed by atoms with Gasteiger partial charge in [0.05, 0.1) is 16.5 Å². The Hall–Kier alpha value is -2.60. The molecular formula is C19H18ClN3O4S. The van der Waals surface area contributed by atoms with E-state index in [9.17, 15) is 13.2 Å². The normalized spacial score (nSPS) is 15.1. The zero-order valence-electron chi connectivity index (χ0n) is 14.9. The number of amides is 1. The molecule has 2 aromatic rings. The number of nitriles is 1. The summed E-state index contributed by atoms with van der Waals surface area (Å²) in [7, 11) is -3.65. The number of carbonyl (C=O) groups is 1. The minimum atomic E-state index is -3.65. The molecule has 2 aromatic carbocycles. The van der Waals surface area contributed by atoms with Crippen LogP contribution in [0.3, 0.4) is 0 Å². The van der Waals surface area contributed by atoms with Crippen molar-refractivity contribution in [1.29, 1.82) is 5.26 Å². The first-order valence-corrected chi connectivity index (χ1v) is 10.4. The van der Waals surface area contributed by atoms with Gasteiger partial charge in [0.1, 0.15) is 5.75 Å². The van der Waals surface area contributed by atoms with E-state index in [1.807, 2.05) is 6.07 Å². The summed E-state index contributed by atoms with van der Waals surface area (Å²) in [6.45, 7) is 0.783. The molecule has 0 aliphatic carbocycles. The van der Waals surface area contributed by atoms with Crippen LogP contribution in [0.25, 0.3) is 0 Å². The van der Waals surface area contributed by atoms with Crippen LogP contribution < -0.4 is 4.74 Å². The van der Waals surface area contributed by atoms with Crippen molar-refractivity contribution in [3.63, 3.8) is 0 Å². The molecule has 0 saturated carbocycles. The molecule has 146 valence electrons. The Morgan fingerprint density at radius 1 is 1.11 bits per heavy atom. The summed E-state index contributed by atoms with van der Waals surface area (Å²) in [6, 6.07) is 14.7. The first kappa shape index (κ1) is 20.1. The second-order valence-electron chi connectivity index (χ2n) is 6.17. The smallest absolute Gasteiger partial charge is 0.260 e. The molecule has 7 nitrogen and oxygen atoms in total. The molecule has 0 atom stereocenters. The van der Waals surface area contributed by atoms with Crippen molar-refractivity contribution < 1.29 is 17.9 Å². The van der Waals surface area contributed by atoms with Gasteiger partial charge >= 0.3 is 0 Å². The van der Waals surface area contributed by atoms with Crippen molar-refractivity contribution in [2.45, 2.75) is 4.90 Å². The van der Waals surface area contributed by atoms with E-state index in [1.165, 1.54) is 16.4 Å². The van der Waals surface area contributed by atoms with Crippen LogP contribution in [0.5, 0.6) is 5.75 Å². The summed E-state index contributed by atoms with van der Waals surface area (Å²) < 4.78 is 32.2. The third kappa shape index (κ3) is 4.62. The van der Waals surface area contributed by atoms with Gasteiger partial charge in [0.25, 0.3) is 5.91 Å². The minimum absolute atomic E-state index is 0.139. The monoisotopic (exact) mass is 419 g/mol. The van der Waals surface area contributed by atoms with E-state index in [2.05, 4.69) is 0 Å². The molecule has 1 aliphatic rings. The van der Waals surface area contributed by atoms with Gasteiger partial charge in [-0.05, 0) is 36.4 Å². The number of benzene rings is 2. The zero-order chi connectivity index (χ0) is 20.1. The third-order valence-corrected chi connectivity index (χ3v) is 6.48. The topological polar surface area (TPSA) is 90.7 Å². The SMILES string of the molecule is N#Cc1cccc(OCC(=O)N2CCN(S(=O)(=O)c3cccc(Cl)c3)CC2)c1. The van der Waals surface area contributed by atoms with Crippen LogP contribution in [0, 0.1) is 11.3 Å². The van der Waals surface area contributed by atoms with E-state index in [-0.39, 0.29) is 43.6 Å². The number of sulfonamides is 1. The lowest BCUT2D eigenvalue weighted by atomic mass is 10.2. The van der Waals surface area contributed by atoms with Gasteiger partial charge in [0.15, 0.2) is 6.61 Å². The van der Waals surface area contributed by atoms with Crippen LogP contribution in [0.1, 0.15) is 5.56 Å². The van der Waals surface area contributed by atoms with Crippen LogP contribution in [-0.4, -0.2) is 56.3 Å². The molecule has 0 radical (unpaired) electrons. The fraction of sp³-hybridized carbons (Fsp3) is 0.263. The molecule has 9 heteroatoms. The number of ether oxygens (including phenoxy) is 1. The molecule has 0 unspecified atom stereocenters. The fourth-order valence-electron chi connectivity index (χ4n) is 2.85. The highest BCUT2D eigenvalue weighted by Gasteiger charge is 2.30. The Balaban J connectivity index is 1.56. The number of carbonyl (C=O) groups excluding carboxylic acids is 1. The van der Waals surface area contributed by atoms with Crippen LogP contribution in [-0.2, 0) is 14.8 Å². The van der Waals surface area contributed by atoms with Crippen molar-refractivity contribution in [3.05, 3.63) is 59.1 Å². The van der Waals surface area contributed by atoms with E-state index in [0.29, 0.717) is 16.3 Å². The van der Waals surface area contributed by atoms with E-state index >= 15 is 0 Å². The van der Waals surface area contributed by atoms with Crippen molar-refractivity contribution >= 4 is 27.5 Å². The average molecular weight is 420 g/mol. The molecule has 0 aromatic heterocycles. The predicted octanol–water partition coefficient (Wildman–Crippen LogP) is 2.12. The quantitative estimate of drug-likeness (QED) is 0.740. The highest BCUT2D eigenvalue weighted by Crippen LogP contribution is 2.21. The Kier molecular flexibility index (Phi) is 6.19. The molecule has 28 heavy (non-hydrogen) atoms. The fourth-order valence-corrected chi connectivity index (χ4v) is 4.57. The standard InChI is InChI=1S/C19H18ClN3O4S/c20-16-4-2-6-18(12-16)28(25,26)23-9-7-22(8-10-23)19(24)14-27-17-5-1-3-15(11-17)13-21/h1-6,11-12H,7-10,14H2. The van der Waals surface area contributed by atoms with Gasteiger partial charge in [0, 0.05) is 31.2 Å². The summed E-state index contributed by atoms with van der Waals surface area (Å²) in [5, 5.41) is 9.24. The van der Waals surface area contributed by atoms with Gasteiger partial charge < -0.3 is 9.64 Å². The molecule has 1 aliphatic heterocycles. The highest BCUT2D eigenvalue weighted by molar-refractivity contribution is 7.89. The summed E-state index contributed by atoms with van der Waals surface area (Å²) in [5.74, 6) is 0.205. The molecule has 3 rings (SSSR count). The number of nitrogens with zero attached hydrogens (tertiary/aromatic N) is 3.